The molecule has 0 bridgehead atoms. The number of hydrogen-bond acceptors (Lipinski definition) is 3. The van der Waals surface area contributed by atoms with Gasteiger partial charge < -0.3 is 10.2 Å². The van der Waals surface area contributed by atoms with Crippen molar-refractivity contribution in [3.63, 3.8) is 0 Å². The van der Waals surface area contributed by atoms with E-state index in [0.717, 1.165) is 32.6 Å². The summed E-state index contributed by atoms with van der Waals surface area (Å²) < 4.78 is 1.70. The molecule has 0 saturated carbocycles. The molecular formula is C14H24N4O. The van der Waals surface area contributed by atoms with E-state index in [1.54, 1.807) is 10.9 Å². The standard InChI is InChI=1S/C14H24N4O/c1-2-8-17(11-13-5-3-6-15-10-13)14(19)12-18-9-4-7-16-18/h4,7,9,13,15H,2-3,5-6,8,10-12H2,1H3. The maximum absolute atomic E-state index is 12.3. The van der Waals surface area contributed by atoms with Gasteiger partial charge in [-0.3, -0.25) is 9.48 Å². The van der Waals surface area contributed by atoms with Gasteiger partial charge in [-0.25, -0.2) is 0 Å². The Hall–Kier alpha value is -1.36. The third kappa shape index (κ3) is 4.35. The van der Waals surface area contributed by atoms with E-state index in [1.165, 1.54) is 12.8 Å². The van der Waals surface area contributed by atoms with Crippen molar-refractivity contribution in [2.24, 2.45) is 5.92 Å². The molecule has 1 aromatic heterocycles. The van der Waals surface area contributed by atoms with E-state index < -0.39 is 0 Å². The third-order valence-electron chi connectivity index (χ3n) is 3.58. The molecule has 0 spiro atoms. The number of amides is 1. The van der Waals surface area contributed by atoms with Crippen molar-refractivity contribution >= 4 is 5.91 Å². The lowest BCUT2D eigenvalue weighted by molar-refractivity contribution is -0.132. The number of piperidine rings is 1. The first-order chi connectivity index (χ1) is 9.29. The summed E-state index contributed by atoms with van der Waals surface area (Å²) in [6.07, 6.45) is 7.00. The van der Waals surface area contributed by atoms with Crippen LogP contribution in [0.3, 0.4) is 0 Å². The molecular weight excluding hydrogens is 240 g/mol. The van der Waals surface area contributed by atoms with Crippen LogP contribution in [0.4, 0.5) is 0 Å². The van der Waals surface area contributed by atoms with E-state index in [1.807, 2.05) is 17.2 Å². The van der Waals surface area contributed by atoms with E-state index in [-0.39, 0.29) is 5.91 Å². The Labute approximate surface area is 115 Å². The van der Waals surface area contributed by atoms with Crippen molar-refractivity contribution in [3.8, 4) is 0 Å². The van der Waals surface area contributed by atoms with Crippen LogP contribution < -0.4 is 5.32 Å². The van der Waals surface area contributed by atoms with Crippen molar-refractivity contribution in [1.29, 1.82) is 0 Å². The summed E-state index contributed by atoms with van der Waals surface area (Å²) in [7, 11) is 0. The van der Waals surface area contributed by atoms with Crippen molar-refractivity contribution in [2.45, 2.75) is 32.7 Å². The number of carbonyl (C=O) groups is 1. The summed E-state index contributed by atoms with van der Waals surface area (Å²) in [4.78, 5) is 14.3. The summed E-state index contributed by atoms with van der Waals surface area (Å²) in [6, 6.07) is 1.85. The number of hydrogen-bond donors (Lipinski definition) is 1. The van der Waals surface area contributed by atoms with Gasteiger partial charge in [0.25, 0.3) is 0 Å². The first-order valence-corrected chi connectivity index (χ1v) is 7.25. The zero-order chi connectivity index (χ0) is 13.5. The van der Waals surface area contributed by atoms with Gasteiger partial charge in [-0.2, -0.15) is 5.10 Å². The van der Waals surface area contributed by atoms with Gasteiger partial charge in [0.2, 0.25) is 5.91 Å². The number of aromatic nitrogens is 2. The molecule has 1 aromatic rings. The Balaban J connectivity index is 1.88. The summed E-state index contributed by atoms with van der Waals surface area (Å²) in [6.45, 7) is 6.35. The molecule has 0 radical (unpaired) electrons. The van der Waals surface area contributed by atoms with Crippen LogP contribution in [0.2, 0.25) is 0 Å². The van der Waals surface area contributed by atoms with Crippen LogP contribution in [0.5, 0.6) is 0 Å². The van der Waals surface area contributed by atoms with Crippen molar-refractivity contribution in [1.82, 2.24) is 20.0 Å². The molecule has 1 aliphatic rings. The highest BCUT2D eigenvalue weighted by Gasteiger charge is 2.20. The topological polar surface area (TPSA) is 50.2 Å². The predicted octanol–water partition coefficient (Wildman–Crippen LogP) is 1.12. The number of carbonyl (C=O) groups excluding carboxylic acids is 1. The van der Waals surface area contributed by atoms with Gasteiger partial charge in [-0.15, -0.1) is 0 Å². The highest BCUT2D eigenvalue weighted by atomic mass is 16.2. The van der Waals surface area contributed by atoms with Crippen LogP contribution in [0, 0.1) is 5.92 Å². The molecule has 5 nitrogen and oxygen atoms in total. The third-order valence-corrected chi connectivity index (χ3v) is 3.58. The van der Waals surface area contributed by atoms with Crippen LogP contribution in [-0.4, -0.2) is 46.8 Å². The van der Waals surface area contributed by atoms with E-state index in [9.17, 15) is 4.79 Å². The lowest BCUT2D eigenvalue weighted by atomic mass is 9.99. The van der Waals surface area contributed by atoms with Crippen LogP contribution in [0.1, 0.15) is 26.2 Å². The van der Waals surface area contributed by atoms with Crippen molar-refractivity contribution < 1.29 is 4.79 Å². The quantitative estimate of drug-likeness (QED) is 0.837. The first-order valence-electron chi connectivity index (χ1n) is 7.25. The first kappa shape index (κ1) is 14.1. The molecule has 1 saturated heterocycles. The van der Waals surface area contributed by atoms with Crippen molar-refractivity contribution in [2.75, 3.05) is 26.2 Å². The van der Waals surface area contributed by atoms with Crippen LogP contribution >= 0.6 is 0 Å². The molecule has 0 aliphatic carbocycles. The Morgan fingerprint density at radius 1 is 1.58 bits per heavy atom. The SMILES string of the molecule is CCCN(CC1CCCNC1)C(=O)Cn1cccn1. The maximum atomic E-state index is 12.3. The lowest BCUT2D eigenvalue weighted by Gasteiger charge is -2.30. The maximum Gasteiger partial charge on any atom is 0.244 e. The molecule has 0 aromatic carbocycles. The van der Waals surface area contributed by atoms with Gasteiger partial charge in [0.05, 0.1) is 0 Å². The highest BCUT2D eigenvalue weighted by Crippen LogP contribution is 2.12. The summed E-state index contributed by atoms with van der Waals surface area (Å²) >= 11 is 0. The van der Waals surface area contributed by atoms with Gasteiger partial charge in [0.15, 0.2) is 0 Å². The molecule has 1 fully saturated rings. The number of rotatable bonds is 6. The van der Waals surface area contributed by atoms with Crippen LogP contribution in [0.15, 0.2) is 18.5 Å². The molecule has 106 valence electrons. The fraction of sp³-hybridized carbons (Fsp3) is 0.714. The van der Waals surface area contributed by atoms with Crippen molar-refractivity contribution in [3.05, 3.63) is 18.5 Å². The monoisotopic (exact) mass is 264 g/mol. The average molecular weight is 264 g/mol. The minimum Gasteiger partial charge on any atom is -0.341 e. The van der Waals surface area contributed by atoms with E-state index in [4.69, 9.17) is 0 Å². The van der Waals surface area contributed by atoms with Gasteiger partial charge in [-0.1, -0.05) is 6.92 Å². The zero-order valence-corrected chi connectivity index (χ0v) is 11.7. The molecule has 1 atom stereocenters. The molecule has 5 heteroatoms. The molecule has 1 unspecified atom stereocenters. The number of nitrogens with one attached hydrogen (secondary N) is 1. The molecule has 1 aliphatic heterocycles. The summed E-state index contributed by atoms with van der Waals surface area (Å²) in [5, 5.41) is 7.51. The largest absolute Gasteiger partial charge is 0.341 e. The summed E-state index contributed by atoms with van der Waals surface area (Å²) in [5.74, 6) is 0.776. The van der Waals surface area contributed by atoms with E-state index >= 15 is 0 Å². The molecule has 2 rings (SSSR count). The fourth-order valence-electron chi connectivity index (χ4n) is 2.61. The molecule has 19 heavy (non-hydrogen) atoms. The average Bonchev–Trinajstić information content (AvgIpc) is 2.92. The molecule has 1 N–H and O–H groups in total. The van der Waals surface area contributed by atoms with E-state index in [0.29, 0.717) is 12.5 Å². The Kier molecular flexibility index (Phi) is 5.39. The Morgan fingerprint density at radius 3 is 3.11 bits per heavy atom. The predicted molar refractivity (Wildman–Crippen MR) is 74.7 cm³/mol. The molecule has 2 heterocycles. The zero-order valence-electron chi connectivity index (χ0n) is 11.7. The van der Waals surface area contributed by atoms with Crippen LogP contribution in [-0.2, 0) is 11.3 Å². The van der Waals surface area contributed by atoms with Gasteiger partial charge >= 0.3 is 0 Å². The normalized spacial score (nSPS) is 19.3. The second kappa shape index (κ2) is 7.28. The van der Waals surface area contributed by atoms with Gasteiger partial charge in [0.1, 0.15) is 6.54 Å². The Morgan fingerprint density at radius 2 is 2.47 bits per heavy atom. The van der Waals surface area contributed by atoms with Crippen LogP contribution in [0.25, 0.3) is 0 Å². The van der Waals surface area contributed by atoms with E-state index in [2.05, 4.69) is 17.3 Å². The summed E-state index contributed by atoms with van der Waals surface area (Å²) in [5.41, 5.74) is 0. The minimum atomic E-state index is 0.177. The number of nitrogens with zero attached hydrogens (tertiary/aromatic N) is 3. The second-order valence-electron chi connectivity index (χ2n) is 5.26. The minimum absolute atomic E-state index is 0.177. The smallest absolute Gasteiger partial charge is 0.244 e. The Bertz CT molecular complexity index is 371. The fourth-order valence-corrected chi connectivity index (χ4v) is 2.61. The molecule has 1 amide bonds. The van der Waals surface area contributed by atoms with Gasteiger partial charge in [-0.05, 0) is 44.3 Å². The lowest BCUT2D eigenvalue weighted by Crippen LogP contribution is -2.42. The highest BCUT2D eigenvalue weighted by molar-refractivity contribution is 5.75. The second-order valence-corrected chi connectivity index (χ2v) is 5.26. The van der Waals surface area contributed by atoms with Gasteiger partial charge in [0, 0.05) is 25.5 Å².